The molecule has 106 valence electrons. The highest BCUT2D eigenvalue weighted by molar-refractivity contribution is 5.91. The zero-order valence-electron chi connectivity index (χ0n) is 11.9. The van der Waals surface area contributed by atoms with Crippen LogP contribution in [-0.4, -0.2) is 18.5 Å². The lowest BCUT2D eigenvalue weighted by Gasteiger charge is -2.36. The van der Waals surface area contributed by atoms with Crippen LogP contribution >= 0.6 is 0 Å². The minimum Gasteiger partial charge on any atom is -0.326 e. The Morgan fingerprint density at radius 1 is 1.25 bits per heavy atom. The standard InChI is InChI=1S/C16H21N3O/c1-18-16(9-3-2-4-10-16)11-15(20)19-14-7-5-13(12-17)6-8-14/h5-8,18H,2-4,9-11H2,1H3,(H,19,20). The average molecular weight is 271 g/mol. The van der Waals surface area contributed by atoms with Crippen molar-refractivity contribution in [3.8, 4) is 6.07 Å². The van der Waals surface area contributed by atoms with Gasteiger partial charge in [0.15, 0.2) is 0 Å². The van der Waals surface area contributed by atoms with E-state index in [1.807, 2.05) is 7.05 Å². The topological polar surface area (TPSA) is 64.9 Å². The SMILES string of the molecule is CNC1(CC(=O)Nc2ccc(C#N)cc2)CCCCC1. The molecule has 0 spiro atoms. The number of rotatable bonds is 4. The summed E-state index contributed by atoms with van der Waals surface area (Å²) in [6.07, 6.45) is 6.26. The number of hydrogen-bond acceptors (Lipinski definition) is 3. The quantitative estimate of drug-likeness (QED) is 0.885. The molecule has 1 aliphatic rings. The fourth-order valence-electron chi connectivity index (χ4n) is 2.88. The van der Waals surface area contributed by atoms with Gasteiger partial charge in [-0.25, -0.2) is 0 Å². The minimum atomic E-state index is -0.0467. The zero-order chi connectivity index (χ0) is 14.4. The molecule has 0 radical (unpaired) electrons. The van der Waals surface area contributed by atoms with E-state index in [0.717, 1.165) is 18.5 Å². The molecule has 0 aromatic heterocycles. The van der Waals surface area contributed by atoms with Gasteiger partial charge in [-0.1, -0.05) is 19.3 Å². The van der Waals surface area contributed by atoms with Crippen molar-refractivity contribution in [3.63, 3.8) is 0 Å². The lowest BCUT2D eigenvalue weighted by Crippen LogP contribution is -2.47. The zero-order valence-corrected chi connectivity index (χ0v) is 11.9. The predicted molar refractivity (Wildman–Crippen MR) is 79.3 cm³/mol. The van der Waals surface area contributed by atoms with Crippen LogP contribution in [0.25, 0.3) is 0 Å². The van der Waals surface area contributed by atoms with Gasteiger partial charge in [0.25, 0.3) is 0 Å². The van der Waals surface area contributed by atoms with Crippen molar-refractivity contribution in [2.24, 2.45) is 0 Å². The van der Waals surface area contributed by atoms with Crippen LogP contribution in [0.1, 0.15) is 44.1 Å². The number of carbonyl (C=O) groups is 1. The van der Waals surface area contributed by atoms with Crippen molar-refractivity contribution in [2.45, 2.75) is 44.1 Å². The second-order valence-electron chi connectivity index (χ2n) is 5.51. The van der Waals surface area contributed by atoms with Crippen molar-refractivity contribution in [1.29, 1.82) is 5.26 Å². The third kappa shape index (κ3) is 3.58. The maximum Gasteiger partial charge on any atom is 0.226 e. The van der Waals surface area contributed by atoms with Crippen LogP contribution in [0.4, 0.5) is 5.69 Å². The summed E-state index contributed by atoms with van der Waals surface area (Å²) in [5.74, 6) is 0.0333. The van der Waals surface area contributed by atoms with Crippen LogP contribution in [-0.2, 0) is 4.79 Å². The molecule has 0 heterocycles. The number of anilines is 1. The fraction of sp³-hybridized carbons (Fsp3) is 0.500. The molecule has 1 aromatic carbocycles. The third-order valence-electron chi connectivity index (χ3n) is 4.14. The van der Waals surface area contributed by atoms with Crippen molar-refractivity contribution in [2.75, 3.05) is 12.4 Å². The summed E-state index contributed by atoms with van der Waals surface area (Å²) in [5, 5.41) is 15.0. The van der Waals surface area contributed by atoms with Gasteiger partial charge in [0.1, 0.15) is 0 Å². The lowest BCUT2D eigenvalue weighted by molar-refractivity contribution is -0.117. The Hall–Kier alpha value is -1.86. The van der Waals surface area contributed by atoms with E-state index in [1.54, 1.807) is 24.3 Å². The van der Waals surface area contributed by atoms with Gasteiger partial charge in [0.05, 0.1) is 11.6 Å². The van der Waals surface area contributed by atoms with E-state index in [9.17, 15) is 4.79 Å². The van der Waals surface area contributed by atoms with Gasteiger partial charge in [-0.2, -0.15) is 5.26 Å². The van der Waals surface area contributed by atoms with Crippen LogP contribution in [0.2, 0.25) is 0 Å². The fourth-order valence-corrected chi connectivity index (χ4v) is 2.88. The third-order valence-corrected chi connectivity index (χ3v) is 4.14. The molecule has 20 heavy (non-hydrogen) atoms. The molecule has 0 aliphatic heterocycles. The van der Waals surface area contributed by atoms with E-state index in [2.05, 4.69) is 16.7 Å². The molecule has 4 nitrogen and oxygen atoms in total. The number of nitriles is 1. The van der Waals surface area contributed by atoms with Crippen molar-refractivity contribution in [1.82, 2.24) is 5.32 Å². The number of nitrogens with one attached hydrogen (secondary N) is 2. The largest absolute Gasteiger partial charge is 0.326 e. The Labute approximate surface area is 120 Å². The number of nitrogens with zero attached hydrogens (tertiary/aromatic N) is 1. The number of hydrogen-bond donors (Lipinski definition) is 2. The normalized spacial score (nSPS) is 17.2. The molecule has 0 atom stereocenters. The molecule has 1 aliphatic carbocycles. The molecule has 1 aromatic rings. The molecular formula is C16H21N3O. The first kappa shape index (κ1) is 14.5. The Morgan fingerprint density at radius 3 is 2.45 bits per heavy atom. The molecule has 0 unspecified atom stereocenters. The van der Waals surface area contributed by atoms with E-state index < -0.39 is 0 Å². The van der Waals surface area contributed by atoms with Gasteiger partial charge in [0.2, 0.25) is 5.91 Å². The van der Waals surface area contributed by atoms with E-state index in [-0.39, 0.29) is 11.4 Å². The van der Waals surface area contributed by atoms with Crippen molar-refractivity contribution >= 4 is 11.6 Å². The molecule has 2 N–H and O–H groups in total. The van der Waals surface area contributed by atoms with Gasteiger partial charge in [-0.15, -0.1) is 0 Å². The molecule has 0 saturated heterocycles. The second kappa shape index (κ2) is 6.53. The summed E-state index contributed by atoms with van der Waals surface area (Å²) in [6, 6.07) is 9.02. The van der Waals surface area contributed by atoms with Crippen LogP contribution in [0.15, 0.2) is 24.3 Å². The Kier molecular flexibility index (Phi) is 4.75. The molecule has 1 saturated carbocycles. The van der Waals surface area contributed by atoms with E-state index in [4.69, 9.17) is 5.26 Å². The highest BCUT2D eigenvalue weighted by Crippen LogP contribution is 2.31. The number of amides is 1. The maximum atomic E-state index is 12.2. The van der Waals surface area contributed by atoms with Crippen LogP contribution in [0.5, 0.6) is 0 Å². The second-order valence-corrected chi connectivity index (χ2v) is 5.51. The molecule has 2 rings (SSSR count). The lowest BCUT2D eigenvalue weighted by atomic mass is 9.79. The molecular weight excluding hydrogens is 250 g/mol. The highest BCUT2D eigenvalue weighted by Gasteiger charge is 2.32. The highest BCUT2D eigenvalue weighted by atomic mass is 16.1. The summed E-state index contributed by atoms with van der Waals surface area (Å²) in [7, 11) is 1.94. The van der Waals surface area contributed by atoms with Crippen LogP contribution in [0, 0.1) is 11.3 Å². The summed E-state index contributed by atoms with van der Waals surface area (Å²) in [6.45, 7) is 0. The Morgan fingerprint density at radius 2 is 1.90 bits per heavy atom. The van der Waals surface area contributed by atoms with Crippen LogP contribution < -0.4 is 10.6 Å². The number of benzene rings is 1. The average Bonchev–Trinajstić information content (AvgIpc) is 2.49. The maximum absolute atomic E-state index is 12.2. The summed E-state index contributed by atoms with van der Waals surface area (Å²) < 4.78 is 0. The molecule has 1 amide bonds. The first-order valence-electron chi connectivity index (χ1n) is 7.16. The Bertz CT molecular complexity index is 495. The van der Waals surface area contributed by atoms with Crippen molar-refractivity contribution < 1.29 is 4.79 Å². The number of carbonyl (C=O) groups excluding carboxylic acids is 1. The summed E-state index contributed by atoms with van der Waals surface area (Å²) >= 11 is 0. The molecule has 1 fully saturated rings. The summed E-state index contributed by atoms with van der Waals surface area (Å²) in [5.41, 5.74) is 1.30. The van der Waals surface area contributed by atoms with E-state index in [0.29, 0.717) is 12.0 Å². The van der Waals surface area contributed by atoms with Gasteiger partial charge in [-0.05, 0) is 44.2 Å². The first-order valence-corrected chi connectivity index (χ1v) is 7.16. The van der Waals surface area contributed by atoms with E-state index >= 15 is 0 Å². The van der Waals surface area contributed by atoms with E-state index in [1.165, 1.54) is 19.3 Å². The Balaban J connectivity index is 1.95. The minimum absolute atomic E-state index is 0.0333. The predicted octanol–water partition coefficient (Wildman–Crippen LogP) is 2.81. The monoisotopic (exact) mass is 271 g/mol. The van der Waals surface area contributed by atoms with Gasteiger partial charge in [0, 0.05) is 17.6 Å². The smallest absolute Gasteiger partial charge is 0.226 e. The first-order chi connectivity index (χ1) is 9.67. The molecule has 4 heteroatoms. The molecule has 0 bridgehead atoms. The summed E-state index contributed by atoms with van der Waals surface area (Å²) in [4.78, 5) is 12.2. The van der Waals surface area contributed by atoms with Gasteiger partial charge < -0.3 is 10.6 Å². The van der Waals surface area contributed by atoms with Gasteiger partial charge in [-0.3, -0.25) is 4.79 Å². The van der Waals surface area contributed by atoms with Gasteiger partial charge >= 0.3 is 0 Å². The van der Waals surface area contributed by atoms with Crippen molar-refractivity contribution in [3.05, 3.63) is 29.8 Å². The van der Waals surface area contributed by atoms with Crippen LogP contribution in [0.3, 0.4) is 0 Å².